The van der Waals surface area contributed by atoms with Gasteiger partial charge in [0.1, 0.15) is 5.75 Å². The second kappa shape index (κ2) is 7.33. The van der Waals surface area contributed by atoms with E-state index in [0.717, 1.165) is 16.7 Å². The summed E-state index contributed by atoms with van der Waals surface area (Å²) in [6, 6.07) is 11.8. The monoisotopic (exact) mass is 381 g/mol. The average molecular weight is 381 g/mol. The van der Waals surface area contributed by atoms with Crippen molar-refractivity contribution >= 4 is 29.7 Å². The standard InChI is InChI=1S/C17H19NO.HI/c1-3-7-14-12(2)16(18)11-17(19)15(14)10-13-8-5-4-6-9-13;/h3-6,8-9,11,19H,1,7,10,18H2,2H3;1H. The lowest BCUT2D eigenvalue weighted by Gasteiger charge is -2.15. The average Bonchev–Trinajstić information content (AvgIpc) is 2.41. The molecule has 0 amide bonds. The fraction of sp³-hybridized carbons (Fsp3) is 0.176. The highest BCUT2D eigenvalue weighted by Crippen LogP contribution is 2.31. The van der Waals surface area contributed by atoms with Crippen molar-refractivity contribution in [1.29, 1.82) is 0 Å². The summed E-state index contributed by atoms with van der Waals surface area (Å²) in [4.78, 5) is 0. The SMILES string of the molecule is C=CCc1c(C)c(N)cc(O)c1Cc1ccccc1.I. The summed E-state index contributed by atoms with van der Waals surface area (Å²) < 4.78 is 0. The fourth-order valence-corrected chi connectivity index (χ4v) is 2.32. The molecule has 106 valence electrons. The predicted octanol–water partition coefficient (Wildman–Crippen LogP) is 4.22. The molecule has 0 bridgehead atoms. The van der Waals surface area contributed by atoms with E-state index in [1.807, 2.05) is 31.2 Å². The highest BCUT2D eigenvalue weighted by atomic mass is 127. The molecule has 3 N–H and O–H groups in total. The summed E-state index contributed by atoms with van der Waals surface area (Å²) >= 11 is 0. The second-order valence-electron chi connectivity index (χ2n) is 4.72. The zero-order chi connectivity index (χ0) is 13.8. The third-order valence-corrected chi connectivity index (χ3v) is 3.42. The van der Waals surface area contributed by atoms with Gasteiger partial charge in [-0.15, -0.1) is 30.6 Å². The van der Waals surface area contributed by atoms with Crippen molar-refractivity contribution in [3.8, 4) is 5.75 Å². The lowest BCUT2D eigenvalue weighted by molar-refractivity contribution is 0.468. The van der Waals surface area contributed by atoms with Crippen molar-refractivity contribution in [3.63, 3.8) is 0 Å². The van der Waals surface area contributed by atoms with Gasteiger partial charge in [0, 0.05) is 23.7 Å². The van der Waals surface area contributed by atoms with E-state index in [2.05, 4.69) is 18.7 Å². The Morgan fingerprint density at radius 3 is 2.45 bits per heavy atom. The molecule has 2 aromatic rings. The quantitative estimate of drug-likeness (QED) is 0.473. The number of hydrogen-bond acceptors (Lipinski definition) is 2. The molecule has 0 aromatic heterocycles. The van der Waals surface area contributed by atoms with Gasteiger partial charge >= 0.3 is 0 Å². The topological polar surface area (TPSA) is 46.2 Å². The Morgan fingerprint density at radius 1 is 1.20 bits per heavy atom. The van der Waals surface area contributed by atoms with Gasteiger partial charge in [0.05, 0.1) is 0 Å². The van der Waals surface area contributed by atoms with Crippen LogP contribution in [0.4, 0.5) is 5.69 Å². The second-order valence-corrected chi connectivity index (χ2v) is 4.72. The molecule has 0 unspecified atom stereocenters. The highest BCUT2D eigenvalue weighted by molar-refractivity contribution is 14.0. The third-order valence-electron chi connectivity index (χ3n) is 3.42. The maximum Gasteiger partial charge on any atom is 0.121 e. The van der Waals surface area contributed by atoms with Gasteiger partial charge < -0.3 is 10.8 Å². The number of halogens is 1. The van der Waals surface area contributed by atoms with Crippen LogP contribution in [-0.4, -0.2) is 5.11 Å². The van der Waals surface area contributed by atoms with Crippen LogP contribution >= 0.6 is 24.0 Å². The predicted molar refractivity (Wildman–Crippen MR) is 95.8 cm³/mol. The molecule has 2 rings (SSSR count). The molecule has 0 fully saturated rings. The number of allylic oxidation sites excluding steroid dienone is 1. The van der Waals surface area contributed by atoms with E-state index in [1.165, 1.54) is 5.56 Å². The molecule has 2 nitrogen and oxygen atoms in total. The first-order valence-corrected chi connectivity index (χ1v) is 6.38. The molecule has 3 heteroatoms. The highest BCUT2D eigenvalue weighted by Gasteiger charge is 2.13. The third kappa shape index (κ3) is 3.54. The summed E-state index contributed by atoms with van der Waals surface area (Å²) in [6.45, 7) is 5.77. The number of nitrogen functional groups attached to an aromatic ring is 1. The number of rotatable bonds is 4. The van der Waals surface area contributed by atoms with E-state index < -0.39 is 0 Å². The lowest BCUT2D eigenvalue weighted by Crippen LogP contribution is -2.02. The smallest absolute Gasteiger partial charge is 0.121 e. The van der Waals surface area contributed by atoms with E-state index in [0.29, 0.717) is 18.5 Å². The van der Waals surface area contributed by atoms with Crippen LogP contribution in [-0.2, 0) is 12.8 Å². The molecule has 0 aliphatic carbocycles. The first kappa shape index (κ1) is 16.6. The lowest BCUT2D eigenvalue weighted by atomic mass is 9.92. The maximum atomic E-state index is 10.2. The van der Waals surface area contributed by atoms with Crippen LogP contribution in [0.5, 0.6) is 5.75 Å². The Hall–Kier alpha value is -1.49. The fourth-order valence-electron chi connectivity index (χ4n) is 2.32. The molecule has 0 heterocycles. The summed E-state index contributed by atoms with van der Waals surface area (Å²) in [6.07, 6.45) is 3.26. The van der Waals surface area contributed by atoms with Gasteiger partial charge in [0.15, 0.2) is 0 Å². The van der Waals surface area contributed by atoms with Crippen LogP contribution < -0.4 is 5.73 Å². The molecular formula is C17H20INO. The number of phenols is 1. The summed E-state index contributed by atoms with van der Waals surface area (Å²) in [7, 11) is 0. The molecule has 0 saturated heterocycles. The van der Waals surface area contributed by atoms with Crippen molar-refractivity contribution < 1.29 is 5.11 Å². The van der Waals surface area contributed by atoms with Gasteiger partial charge in [0.2, 0.25) is 0 Å². The van der Waals surface area contributed by atoms with E-state index in [4.69, 9.17) is 5.73 Å². The molecule has 0 radical (unpaired) electrons. The molecule has 0 aliphatic rings. The number of phenolic OH excluding ortho intramolecular Hbond substituents is 1. The Bertz CT molecular complexity index is 594. The minimum atomic E-state index is 0. The number of hydrogen-bond donors (Lipinski definition) is 2. The van der Waals surface area contributed by atoms with Gasteiger partial charge in [-0.25, -0.2) is 0 Å². The number of aromatic hydroxyl groups is 1. The van der Waals surface area contributed by atoms with Crippen LogP contribution in [0.2, 0.25) is 0 Å². The molecule has 0 spiro atoms. The molecule has 2 aromatic carbocycles. The minimum absolute atomic E-state index is 0. The van der Waals surface area contributed by atoms with Crippen molar-refractivity contribution in [3.05, 3.63) is 71.3 Å². The van der Waals surface area contributed by atoms with Gasteiger partial charge in [-0.3, -0.25) is 0 Å². The van der Waals surface area contributed by atoms with Crippen LogP contribution in [0.1, 0.15) is 22.3 Å². The van der Waals surface area contributed by atoms with Gasteiger partial charge in [-0.1, -0.05) is 36.4 Å². The van der Waals surface area contributed by atoms with Crippen molar-refractivity contribution in [2.24, 2.45) is 0 Å². The zero-order valence-electron chi connectivity index (χ0n) is 11.6. The van der Waals surface area contributed by atoms with Gasteiger partial charge in [0.25, 0.3) is 0 Å². The van der Waals surface area contributed by atoms with Crippen molar-refractivity contribution in [2.75, 3.05) is 5.73 Å². The van der Waals surface area contributed by atoms with Gasteiger partial charge in [-0.2, -0.15) is 0 Å². The van der Waals surface area contributed by atoms with Crippen molar-refractivity contribution in [1.82, 2.24) is 0 Å². The summed E-state index contributed by atoms with van der Waals surface area (Å²) in [5.74, 6) is 0.267. The summed E-state index contributed by atoms with van der Waals surface area (Å²) in [5, 5.41) is 10.2. The van der Waals surface area contributed by atoms with Crippen LogP contribution in [0.25, 0.3) is 0 Å². The maximum absolute atomic E-state index is 10.2. The van der Waals surface area contributed by atoms with Crippen LogP contribution in [0, 0.1) is 6.92 Å². The normalized spacial score (nSPS) is 9.85. The first-order chi connectivity index (χ1) is 9.13. The Morgan fingerprint density at radius 2 is 1.85 bits per heavy atom. The first-order valence-electron chi connectivity index (χ1n) is 6.38. The largest absolute Gasteiger partial charge is 0.508 e. The van der Waals surface area contributed by atoms with E-state index in [1.54, 1.807) is 6.07 Å². The van der Waals surface area contributed by atoms with Gasteiger partial charge in [-0.05, 0) is 30.0 Å². The number of nitrogens with two attached hydrogens (primary N) is 1. The molecule has 0 atom stereocenters. The Kier molecular flexibility index (Phi) is 6.07. The minimum Gasteiger partial charge on any atom is -0.508 e. The molecule has 20 heavy (non-hydrogen) atoms. The zero-order valence-corrected chi connectivity index (χ0v) is 13.9. The van der Waals surface area contributed by atoms with E-state index in [-0.39, 0.29) is 29.7 Å². The molecule has 0 aliphatic heterocycles. The summed E-state index contributed by atoms with van der Waals surface area (Å²) in [5.41, 5.74) is 10.8. The van der Waals surface area contributed by atoms with Crippen LogP contribution in [0.15, 0.2) is 49.1 Å². The number of benzene rings is 2. The van der Waals surface area contributed by atoms with E-state index >= 15 is 0 Å². The Labute approximate surface area is 137 Å². The number of anilines is 1. The van der Waals surface area contributed by atoms with Crippen LogP contribution in [0.3, 0.4) is 0 Å². The Balaban J connectivity index is 0.00000200. The van der Waals surface area contributed by atoms with E-state index in [9.17, 15) is 5.11 Å². The van der Waals surface area contributed by atoms with Crippen molar-refractivity contribution in [2.45, 2.75) is 19.8 Å². The molecule has 0 saturated carbocycles. The molecular weight excluding hydrogens is 361 g/mol.